The third kappa shape index (κ3) is 4.75. The van der Waals surface area contributed by atoms with Crippen LogP contribution < -0.4 is 10.1 Å². The molecule has 1 amide bonds. The molecule has 1 aromatic carbocycles. The number of aliphatic hydroxyl groups is 1. The molecule has 0 bridgehead atoms. The highest BCUT2D eigenvalue weighted by molar-refractivity contribution is 5.77. The van der Waals surface area contributed by atoms with Gasteiger partial charge in [-0.05, 0) is 19.1 Å². The highest BCUT2D eigenvalue weighted by Crippen LogP contribution is 2.11. The standard InChI is InChI=1S/C11H14FNO3/c1-8(14)6-13-11(15)7-16-10-4-2-3-9(12)5-10/h2-5,8,14H,6-7H2,1H3,(H,13,15). The van der Waals surface area contributed by atoms with Crippen LogP contribution in [-0.4, -0.2) is 30.3 Å². The molecule has 0 radical (unpaired) electrons. The quantitative estimate of drug-likeness (QED) is 0.778. The molecule has 1 rings (SSSR count). The van der Waals surface area contributed by atoms with E-state index in [1.807, 2.05) is 0 Å². The fourth-order valence-electron chi connectivity index (χ4n) is 1.02. The van der Waals surface area contributed by atoms with Crippen LogP contribution >= 0.6 is 0 Å². The van der Waals surface area contributed by atoms with E-state index in [2.05, 4.69) is 5.32 Å². The molecule has 1 unspecified atom stereocenters. The molecule has 88 valence electrons. The average molecular weight is 227 g/mol. The predicted molar refractivity (Wildman–Crippen MR) is 56.6 cm³/mol. The van der Waals surface area contributed by atoms with Gasteiger partial charge in [-0.1, -0.05) is 6.07 Å². The van der Waals surface area contributed by atoms with Crippen LogP contribution in [-0.2, 0) is 4.79 Å². The Balaban J connectivity index is 2.31. The molecule has 0 aliphatic rings. The molecular formula is C11H14FNO3. The van der Waals surface area contributed by atoms with Gasteiger partial charge < -0.3 is 15.2 Å². The summed E-state index contributed by atoms with van der Waals surface area (Å²) < 4.78 is 17.8. The van der Waals surface area contributed by atoms with Gasteiger partial charge in [0.1, 0.15) is 11.6 Å². The molecule has 16 heavy (non-hydrogen) atoms. The topological polar surface area (TPSA) is 58.6 Å². The van der Waals surface area contributed by atoms with Gasteiger partial charge in [0.2, 0.25) is 0 Å². The predicted octanol–water partition coefficient (Wildman–Crippen LogP) is 0.701. The zero-order valence-electron chi connectivity index (χ0n) is 8.94. The van der Waals surface area contributed by atoms with Crippen molar-refractivity contribution in [1.82, 2.24) is 5.32 Å². The van der Waals surface area contributed by atoms with E-state index in [0.717, 1.165) is 0 Å². The lowest BCUT2D eigenvalue weighted by atomic mass is 10.3. The van der Waals surface area contributed by atoms with Gasteiger partial charge in [0.15, 0.2) is 6.61 Å². The maximum Gasteiger partial charge on any atom is 0.258 e. The fourth-order valence-corrected chi connectivity index (χ4v) is 1.02. The highest BCUT2D eigenvalue weighted by Gasteiger charge is 2.04. The summed E-state index contributed by atoms with van der Waals surface area (Å²) in [7, 11) is 0. The molecule has 0 fully saturated rings. The van der Waals surface area contributed by atoms with Crippen molar-refractivity contribution >= 4 is 5.91 Å². The second kappa shape index (κ2) is 6.07. The highest BCUT2D eigenvalue weighted by atomic mass is 19.1. The number of carbonyl (C=O) groups excluding carboxylic acids is 1. The maximum absolute atomic E-state index is 12.7. The molecular weight excluding hydrogens is 213 g/mol. The molecule has 0 saturated carbocycles. The van der Waals surface area contributed by atoms with E-state index >= 15 is 0 Å². The van der Waals surface area contributed by atoms with Gasteiger partial charge in [0, 0.05) is 12.6 Å². The van der Waals surface area contributed by atoms with Crippen molar-refractivity contribution in [2.24, 2.45) is 0 Å². The van der Waals surface area contributed by atoms with E-state index in [9.17, 15) is 9.18 Å². The number of halogens is 1. The maximum atomic E-state index is 12.7. The van der Waals surface area contributed by atoms with Crippen LogP contribution in [0.15, 0.2) is 24.3 Å². The van der Waals surface area contributed by atoms with E-state index in [-0.39, 0.29) is 19.1 Å². The van der Waals surface area contributed by atoms with Crippen molar-refractivity contribution in [3.8, 4) is 5.75 Å². The number of hydrogen-bond acceptors (Lipinski definition) is 3. The lowest BCUT2D eigenvalue weighted by Crippen LogP contribution is -2.34. The zero-order chi connectivity index (χ0) is 12.0. The summed E-state index contributed by atoms with van der Waals surface area (Å²) in [6.45, 7) is 1.54. The lowest BCUT2D eigenvalue weighted by molar-refractivity contribution is -0.123. The molecule has 2 N–H and O–H groups in total. The Kier molecular flexibility index (Phi) is 4.72. The van der Waals surface area contributed by atoms with Gasteiger partial charge in [0.05, 0.1) is 6.10 Å². The van der Waals surface area contributed by atoms with Gasteiger partial charge in [-0.25, -0.2) is 4.39 Å². The van der Waals surface area contributed by atoms with Crippen molar-refractivity contribution in [1.29, 1.82) is 0 Å². The van der Waals surface area contributed by atoms with Crippen LogP contribution in [0.2, 0.25) is 0 Å². The number of nitrogens with one attached hydrogen (secondary N) is 1. The molecule has 0 aliphatic heterocycles. The molecule has 0 saturated heterocycles. The second-order valence-electron chi connectivity index (χ2n) is 3.40. The first-order chi connectivity index (χ1) is 7.58. The molecule has 5 heteroatoms. The Labute approximate surface area is 93.0 Å². The van der Waals surface area contributed by atoms with E-state index in [4.69, 9.17) is 9.84 Å². The third-order valence-corrected chi connectivity index (χ3v) is 1.76. The van der Waals surface area contributed by atoms with Crippen molar-refractivity contribution in [3.05, 3.63) is 30.1 Å². The summed E-state index contributed by atoms with van der Waals surface area (Å²) >= 11 is 0. The number of rotatable bonds is 5. The largest absolute Gasteiger partial charge is 0.484 e. The third-order valence-electron chi connectivity index (χ3n) is 1.76. The Morgan fingerprint density at radius 3 is 3.00 bits per heavy atom. The lowest BCUT2D eigenvalue weighted by Gasteiger charge is -2.08. The van der Waals surface area contributed by atoms with E-state index < -0.39 is 11.9 Å². The molecule has 0 aromatic heterocycles. The van der Waals surface area contributed by atoms with Gasteiger partial charge >= 0.3 is 0 Å². The summed E-state index contributed by atoms with van der Waals surface area (Å²) in [4.78, 5) is 11.2. The number of ether oxygens (including phenoxy) is 1. The number of benzene rings is 1. The van der Waals surface area contributed by atoms with Crippen LogP contribution in [0.3, 0.4) is 0 Å². The van der Waals surface area contributed by atoms with Crippen molar-refractivity contribution in [3.63, 3.8) is 0 Å². The minimum atomic E-state index is -0.599. The van der Waals surface area contributed by atoms with Gasteiger partial charge in [-0.3, -0.25) is 4.79 Å². The summed E-state index contributed by atoms with van der Waals surface area (Å²) in [5, 5.41) is 11.4. The smallest absolute Gasteiger partial charge is 0.258 e. The Hall–Kier alpha value is -1.62. The average Bonchev–Trinajstić information content (AvgIpc) is 2.23. The molecule has 1 aromatic rings. The summed E-state index contributed by atoms with van der Waals surface area (Å²) in [5.41, 5.74) is 0. The van der Waals surface area contributed by atoms with E-state index in [0.29, 0.717) is 5.75 Å². The second-order valence-corrected chi connectivity index (χ2v) is 3.40. The van der Waals surface area contributed by atoms with E-state index in [1.54, 1.807) is 13.0 Å². The summed E-state index contributed by atoms with van der Waals surface area (Å²) in [6, 6.07) is 5.55. The van der Waals surface area contributed by atoms with Crippen molar-refractivity contribution in [2.75, 3.05) is 13.2 Å². The number of aliphatic hydroxyl groups excluding tert-OH is 1. The molecule has 0 heterocycles. The first-order valence-electron chi connectivity index (χ1n) is 4.91. The number of hydrogen-bond donors (Lipinski definition) is 2. The molecule has 0 aliphatic carbocycles. The monoisotopic (exact) mass is 227 g/mol. The van der Waals surface area contributed by atoms with Crippen LogP contribution in [0, 0.1) is 5.82 Å². The minimum Gasteiger partial charge on any atom is -0.484 e. The summed E-state index contributed by atoms with van der Waals surface area (Å²) in [6.07, 6.45) is -0.599. The Bertz CT molecular complexity index is 355. The van der Waals surface area contributed by atoms with E-state index in [1.165, 1.54) is 18.2 Å². The van der Waals surface area contributed by atoms with Gasteiger partial charge in [-0.2, -0.15) is 0 Å². The SMILES string of the molecule is CC(O)CNC(=O)COc1cccc(F)c1. The van der Waals surface area contributed by atoms with Gasteiger partial charge in [0.25, 0.3) is 5.91 Å². The van der Waals surface area contributed by atoms with Gasteiger partial charge in [-0.15, -0.1) is 0 Å². The van der Waals surface area contributed by atoms with Crippen LogP contribution in [0.25, 0.3) is 0 Å². The first kappa shape index (κ1) is 12.4. The summed E-state index contributed by atoms with van der Waals surface area (Å²) in [5.74, 6) is -0.473. The zero-order valence-corrected chi connectivity index (χ0v) is 8.94. The van der Waals surface area contributed by atoms with Crippen LogP contribution in [0.5, 0.6) is 5.75 Å². The minimum absolute atomic E-state index is 0.172. The van der Waals surface area contributed by atoms with Crippen LogP contribution in [0.4, 0.5) is 4.39 Å². The Morgan fingerprint density at radius 1 is 1.62 bits per heavy atom. The van der Waals surface area contributed by atoms with Crippen molar-refractivity contribution in [2.45, 2.75) is 13.0 Å². The molecule has 0 spiro atoms. The normalized spacial score (nSPS) is 11.9. The van der Waals surface area contributed by atoms with Crippen LogP contribution in [0.1, 0.15) is 6.92 Å². The molecule has 1 atom stereocenters. The molecule has 4 nitrogen and oxygen atoms in total. The number of carbonyl (C=O) groups is 1. The first-order valence-corrected chi connectivity index (χ1v) is 4.91. The van der Waals surface area contributed by atoms with Crippen molar-refractivity contribution < 1.29 is 19.0 Å². The fraction of sp³-hybridized carbons (Fsp3) is 0.364. The number of amides is 1. The Morgan fingerprint density at radius 2 is 2.38 bits per heavy atom.